The van der Waals surface area contributed by atoms with Crippen LogP contribution in [0.5, 0.6) is 0 Å². The highest BCUT2D eigenvalue weighted by Crippen LogP contribution is 2.19. The van der Waals surface area contributed by atoms with Gasteiger partial charge in [-0.1, -0.05) is 6.92 Å². The second-order valence-electron chi connectivity index (χ2n) is 4.56. The fourth-order valence-corrected chi connectivity index (χ4v) is 1.90. The summed E-state index contributed by atoms with van der Waals surface area (Å²) < 4.78 is 41.0. The van der Waals surface area contributed by atoms with Gasteiger partial charge in [0.1, 0.15) is 0 Å². The molecule has 1 saturated heterocycles. The molecule has 0 radical (unpaired) electrons. The number of ether oxygens (including phenoxy) is 1. The molecule has 2 atom stereocenters. The Balaban J connectivity index is 2.00. The van der Waals surface area contributed by atoms with Gasteiger partial charge in [-0.15, -0.1) is 0 Å². The zero-order valence-corrected chi connectivity index (χ0v) is 9.65. The second-order valence-corrected chi connectivity index (χ2v) is 4.56. The second kappa shape index (κ2) is 6.45. The summed E-state index contributed by atoms with van der Waals surface area (Å²) in [7, 11) is 0. The summed E-state index contributed by atoms with van der Waals surface area (Å²) in [5.41, 5.74) is 0. The SMILES string of the molecule is CC(CCC1CCCO1)CNCC(F)(F)F. The van der Waals surface area contributed by atoms with Gasteiger partial charge >= 0.3 is 6.18 Å². The van der Waals surface area contributed by atoms with Gasteiger partial charge in [0.2, 0.25) is 0 Å². The van der Waals surface area contributed by atoms with E-state index < -0.39 is 12.7 Å². The Morgan fingerprint density at radius 1 is 1.44 bits per heavy atom. The topological polar surface area (TPSA) is 21.3 Å². The van der Waals surface area contributed by atoms with Crippen LogP contribution < -0.4 is 5.32 Å². The van der Waals surface area contributed by atoms with E-state index in [9.17, 15) is 13.2 Å². The lowest BCUT2D eigenvalue weighted by Crippen LogP contribution is -2.32. The molecule has 96 valence electrons. The van der Waals surface area contributed by atoms with E-state index in [4.69, 9.17) is 4.74 Å². The first-order valence-electron chi connectivity index (χ1n) is 5.86. The first-order valence-corrected chi connectivity index (χ1v) is 5.86. The quantitative estimate of drug-likeness (QED) is 0.769. The monoisotopic (exact) mass is 239 g/mol. The van der Waals surface area contributed by atoms with E-state index >= 15 is 0 Å². The minimum Gasteiger partial charge on any atom is -0.378 e. The van der Waals surface area contributed by atoms with Crippen molar-refractivity contribution in [3.8, 4) is 0 Å². The summed E-state index contributed by atoms with van der Waals surface area (Å²) in [5.74, 6) is 0.270. The van der Waals surface area contributed by atoms with Crippen LogP contribution in [-0.2, 0) is 4.74 Å². The molecule has 1 heterocycles. The molecule has 0 aromatic carbocycles. The van der Waals surface area contributed by atoms with Crippen LogP contribution in [0.25, 0.3) is 0 Å². The van der Waals surface area contributed by atoms with Crippen molar-refractivity contribution in [1.29, 1.82) is 0 Å². The van der Waals surface area contributed by atoms with Gasteiger partial charge in [0.15, 0.2) is 0 Å². The standard InChI is InChI=1S/C11H20F3NO/c1-9(7-15-8-11(12,13)14)4-5-10-3-2-6-16-10/h9-10,15H,2-8H2,1H3. The Labute approximate surface area is 94.5 Å². The fraction of sp³-hybridized carbons (Fsp3) is 1.00. The lowest BCUT2D eigenvalue weighted by atomic mass is 10.0. The lowest BCUT2D eigenvalue weighted by Gasteiger charge is -2.16. The van der Waals surface area contributed by atoms with E-state index in [-0.39, 0.29) is 5.92 Å². The van der Waals surface area contributed by atoms with Gasteiger partial charge < -0.3 is 10.1 Å². The molecule has 1 rings (SSSR count). The van der Waals surface area contributed by atoms with Crippen LogP contribution in [-0.4, -0.2) is 32.0 Å². The Kier molecular flexibility index (Phi) is 5.55. The van der Waals surface area contributed by atoms with Crippen molar-refractivity contribution in [2.24, 2.45) is 5.92 Å². The third-order valence-corrected chi connectivity index (χ3v) is 2.82. The number of hydrogen-bond donors (Lipinski definition) is 1. The lowest BCUT2D eigenvalue weighted by molar-refractivity contribution is -0.125. The Bertz CT molecular complexity index is 190. The molecule has 0 spiro atoms. The van der Waals surface area contributed by atoms with Gasteiger partial charge in [0, 0.05) is 6.61 Å². The fourth-order valence-electron chi connectivity index (χ4n) is 1.90. The molecule has 1 aliphatic heterocycles. The van der Waals surface area contributed by atoms with Crippen molar-refractivity contribution >= 4 is 0 Å². The van der Waals surface area contributed by atoms with Gasteiger partial charge in [-0.3, -0.25) is 0 Å². The summed E-state index contributed by atoms with van der Waals surface area (Å²) in [4.78, 5) is 0. The van der Waals surface area contributed by atoms with Crippen LogP contribution in [0.2, 0.25) is 0 Å². The predicted octanol–water partition coefficient (Wildman–Crippen LogP) is 2.73. The molecule has 0 bridgehead atoms. The Morgan fingerprint density at radius 3 is 2.75 bits per heavy atom. The molecular formula is C11H20F3NO. The number of hydrogen-bond acceptors (Lipinski definition) is 2. The van der Waals surface area contributed by atoms with Gasteiger partial charge in [-0.25, -0.2) is 0 Å². The molecule has 16 heavy (non-hydrogen) atoms. The van der Waals surface area contributed by atoms with Gasteiger partial charge in [0.05, 0.1) is 12.6 Å². The molecule has 5 heteroatoms. The summed E-state index contributed by atoms with van der Waals surface area (Å²) in [6, 6.07) is 0. The summed E-state index contributed by atoms with van der Waals surface area (Å²) in [6.45, 7) is 2.34. The zero-order valence-electron chi connectivity index (χ0n) is 9.65. The normalized spacial score (nSPS) is 23.6. The van der Waals surface area contributed by atoms with Crippen molar-refractivity contribution in [3.05, 3.63) is 0 Å². The van der Waals surface area contributed by atoms with Gasteiger partial charge in [-0.2, -0.15) is 13.2 Å². The van der Waals surface area contributed by atoms with Crippen molar-refractivity contribution in [2.45, 2.75) is 44.9 Å². The zero-order chi connectivity index (χ0) is 12.0. The first-order chi connectivity index (χ1) is 7.47. The molecule has 1 aliphatic rings. The molecule has 0 aliphatic carbocycles. The van der Waals surface area contributed by atoms with E-state index in [2.05, 4.69) is 5.32 Å². The minimum atomic E-state index is -4.10. The van der Waals surface area contributed by atoms with Crippen LogP contribution in [0.15, 0.2) is 0 Å². The largest absolute Gasteiger partial charge is 0.401 e. The molecule has 0 amide bonds. The smallest absolute Gasteiger partial charge is 0.378 e. The van der Waals surface area contributed by atoms with E-state index in [0.717, 1.165) is 32.3 Å². The molecule has 0 saturated carbocycles. The van der Waals surface area contributed by atoms with Crippen LogP contribution in [0, 0.1) is 5.92 Å². The maximum Gasteiger partial charge on any atom is 0.401 e. The van der Waals surface area contributed by atoms with Crippen molar-refractivity contribution < 1.29 is 17.9 Å². The number of nitrogens with one attached hydrogen (secondary N) is 1. The molecular weight excluding hydrogens is 219 g/mol. The van der Waals surface area contributed by atoms with E-state index in [1.54, 1.807) is 0 Å². The van der Waals surface area contributed by atoms with Gasteiger partial charge in [0.25, 0.3) is 0 Å². The minimum absolute atomic E-state index is 0.270. The van der Waals surface area contributed by atoms with E-state index in [1.165, 1.54) is 0 Å². The van der Waals surface area contributed by atoms with Gasteiger partial charge in [-0.05, 0) is 38.1 Å². The van der Waals surface area contributed by atoms with Crippen molar-refractivity contribution in [1.82, 2.24) is 5.32 Å². The molecule has 0 aromatic heterocycles. The first kappa shape index (κ1) is 13.8. The molecule has 2 unspecified atom stereocenters. The molecule has 1 N–H and O–H groups in total. The molecule has 1 fully saturated rings. The van der Waals surface area contributed by atoms with Crippen molar-refractivity contribution in [3.63, 3.8) is 0 Å². The van der Waals surface area contributed by atoms with E-state index in [0.29, 0.717) is 12.6 Å². The van der Waals surface area contributed by atoms with Crippen molar-refractivity contribution in [2.75, 3.05) is 19.7 Å². The number of alkyl halides is 3. The molecule has 0 aromatic rings. The predicted molar refractivity (Wildman–Crippen MR) is 56.3 cm³/mol. The number of halogens is 3. The number of rotatable bonds is 6. The Hall–Kier alpha value is -0.290. The van der Waals surface area contributed by atoms with E-state index in [1.807, 2.05) is 6.92 Å². The summed E-state index contributed by atoms with van der Waals surface area (Å²) in [6.07, 6.45) is 0.345. The third-order valence-electron chi connectivity index (χ3n) is 2.82. The Morgan fingerprint density at radius 2 is 2.19 bits per heavy atom. The third kappa shape index (κ3) is 6.33. The average molecular weight is 239 g/mol. The summed E-state index contributed by atoms with van der Waals surface area (Å²) in [5, 5.41) is 2.43. The molecule has 2 nitrogen and oxygen atoms in total. The highest BCUT2D eigenvalue weighted by molar-refractivity contribution is 4.68. The maximum absolute atomic E-state index is 11.9. The highest BCUT2D eigenvalue weighted by Gasteiger charge is 2.26. The van der Waals surface area contributed by atoms with Crippen LogP contribution >= 0.6 is 0 Å². The van der Waals surface area contributed by atoms with Crippen LogP contribution in [0.4, 0.5) is 13.2 Å². The summed E-state index contributed by atoms with van der Waals surface area (Å²) >= 11 is 0. The van der Waals surface area contributed by atoms with Crippen LogP contribution in [0.1, 0.15) is 32.6 Å². The average Bonchev–Trinajstić information content (AvgIpc) is 2.65. The maximum atomic E-state index is 11.9. The van der Waals surface area contributed by atoms with Crippen LogP contribution in [0.3, 0.4) is 0 Å². The highest BCUT2D eigenvalue weighted by atomic mass is 19.4.